The van der Waals surface area contributed by atoms with Crippen molar-refractivity contribution in [3.8, 4) is 0 Å². The third kappa shape index (κ3) is 4.13. The van der Waals surface area contributed by atoms with E-state index in [0.29, 0.717) is 18.3 Å². The summed E-state index contributed by atoms with van der Waals surface area (Å²) in [6.45, 7) is 0.368. The number of nitrogens with one attached hydrogen (secondary N) is 1. The van der Waals surface area contributed by atoms with Gasteiger partial charge in [-0.1, -0.05) is 28.1 Å². The summed E-state index contributed by atoms with van der Waals surface area (Å²) in [6.07, 6.45) is 4.03. The predicted octanol–water partition coefficient (Wildman–Crippen LogP) is 2.50. The molecule has 1 aromatic carbocycles. The van der Waals surface area contributed by atoms with E-state index in [-0.39, 0.29) is 4.90 Å². The molecular weight excluding hydrogens is 340 g/mol. The molecule has 20 heavy (non-hydrogen) atoms. The van der Waals surface area contributed by atoms with Crippen molar-refractivity contribution in [1.82, 2.24) is 9.71 Å². The molecule has 0 amide bonds. The minimum absolute atomic E-state index is 0.289. The number of benzene rings is 1. The second kappa shape index (κ2) is 6.97. The van der Waals surface area contributed by atoms with Crippen LogP contribution in [0, 0.1) is 0 Å². The number of halogens is 1. The first kappa shape index (κ1) is 15.2. The summed E-state index contributed by atoms with van der Waals surface area (Å²) >= 11 is 3.33. The van der Waals surface area contributed by atoms with Crippen molar-refractivity contribution in [2.45, 2.75) is 16.6 Å². The van der Waals surface area contributed by atoms with E-state index in [4.69, 9.17) is 0 Å². The minimum atomic E-state index is -3.44. The molecule has 0 atom stereocenters. The Morgan fingerprint density at radius 2 is 1.65 bits per heavy atom. The van der Waals surface area contributed by atoms with Crippen LogP contribution in [-0.4, -0.2) is 19.9 Å². The van der Waals surface area contributed by atoms with Gasteiger partial charge in [0.15, 0.2) is 0 Å². The molecule has 2 rings (SSSR count). The van der Waals surface area contributed by atoms with E-state index in [1.165, 1.54) is 0 Å². The number of rotatable bonds is 6. The van der Waals surface area contributed by atoms with Crippen molar-refractivity contribution >= 4 is 26.0 Å². The van der Waals surface area contributed by atoms with E-state index in [1.54, 1.807) is 36.7 Å². The van der Waals surface area contributed by atoms with Gasteiger partial charge in [0, 0.05) is 24.3 Å². The molecular formula is C14H15BrN2O2S. The van der Waals surface area contributed by atoms with E-state index in [2.05, 4.69) is 25.6 Å². The van der Waals surface area contributed by atoms with Gasteiger partial charge in [-0.25, -0.2) is 13.1 Å². The number of aromatic nitrogens is 1. The Morgan fingerprint density at radius 1 is 1.00 bits per heavy atom. The Morgan fingerprint density at radius 3 is 2.25 bits per heavy atom. The van der Waals surface area contributed by atoms with Crippen LogP contribution in [0.4, 0.5) is 0 Å². The fourth-order valence-corrected chi connectivity index (χ4v) is 3.13. The van der Waals surface area contributed by atoms with Crippen LogP contribution in [0.1, 0.15) is 11.1 Å². The summed E-state index contributed by atoms with van der Waals surface area (Å²) in [4.78, 5) is 4.21. The zero-order chi connectivity index (χ0) is 14.4. The molecule has 0 bridgehead atoms. The number of hydrogen-bond acceptors (Lipinski definition) is 3. The highest BCUT2D eigenvalue weighted by molar-refractivity contribution is 9.08. The van der Waals surface area contributed by atoms with Crippen molar-refractivity contribution in [3.05, 3.63) is 59.9 Å². The van der Waals surface area contributed by atoms with E-state index in [9.17, 15) is 8.42 Å². The molecule has 0 saturated heterocycles. The first-order valence-electron chi connectivity index (χ1n) is 6.15. The number of alkyl halides is 1. The molecule has 1 heterocycles. The van der Waals surface area contributed by atoms with Gasteiger partial charge in [-0.2, -0.15) is 0 Å². The third-order valence-corrected chi connectivity index (χ3v) is 4.97. The van der Waals surface area contributed by atoms with Gasteiger partial charge in [0.05, 0.1) is 4.90 Å². The van der Waals surface area contributed by atoms with E-state index >= 15 is 0 Å². The highest BCUT2D eigenvalue weighted by Crippen LogP contribution is 2.12. The van der Waals surface area contributed by atoms with Crippen molar-refractivity contribution in [2.75, 3.05) is 6.54 Å². The van der Waals surface area contributed by atoms with Crippen LogP contribution in [0.15, 0.2) is 53.7 Å². The number of nitrogens with zero attached hydrogens (tertiary/aromatic N) is 1. The van der Waals surface area contributed by atoms with Crippen molar-refractivity contribution in [1.29, 1.82) is 0 Å². The van der Waals surface area contributed by atoms with Gasteiger partial charge < -0.3 is 0 Å². The quantitative estimate of drug-likeness (QED) is 0.810. The summed E-state index contributed by atoms with van der Waals surface area (Å²) in [5.41, 5.74) is 2.10. The molecule has 0 fully saturated rings. The van der Waals surface area contributed by atoms with Crippen LogP contribution in [0.25, 0.3) is 0 Å². The van der Waals surface area contributed by atoms with Crippen LogP contribution >= 0.6 is 15.9 Å². The molecule has 0 unspecified atom stereocenters. The lowest BCUT2D eigenvalue weighted by Crippen LogP contribution is -2.26. The Hall–Kier alpha value is -1.24. The second-order valence-electron chi connectivity index (χ2n) is 4.28. The van der Waals surface area contributed by atoms with Gasteiger partial charge in [0.25, 0.3) is 0 Å². The first-order valence-corrected chi connectivity index (χ1v) is 8.76. The molecule has 0 aliphatic rings. The molecule has 0 spiro atoms. The zero-order valence-electron chi connectivity index (χ0n) is 10.8. The summed E-state index contributed by atoms with van der Waals surface area (Å²) in [5, 5.41) is 0.711. The highest BCUT2D eigenvalue weighted by Gasteiger charge is 2.12. The Balaban J connectivity index is 1.96. The van der Waals surface area contributed by atoms with Crippen LogP contribution in [0.5, 0.6) is 0 Å². The maximum Gasteiger partial charge on any atom is 0.240 e. The van der Waals surface area contributed by atoms with E-state index in [0.717, 1.165) is 11.1 Å². The maximum atomic E-state index is 12.1. The SMILES string of the molecule is O=S(=O)(NCCc1ccncc1)c1ccc(CBr)cc1. The highest BCUT2D eigenvalue weighted by atomic mass is 79.9. The molecule has 0 aliphatic heterocycles. The van der Waals surface area contributed by atoms with Gasteiger partial charge in [-0.05, 0) is 41.8 Å². The molecule has 0 radical (unpaired) electrons. The number of sulfonamides is 1. The monoisotopic (exact) mass is 354 g/mol. The van der Waals surface area contributed by atoms with Gasteiger partial charge in [0.1, 0.15) is 0 Å². The standard InChI is InChI=1S/C14H15BrN2O2S/c15-11-13-1-3-14(4-2-13)20(18,19)17-10-7-12-5-8-16-9-6-12/h1-6,8-9,17H,7,10-11H2. The lowest BCUT2D eigenvalue weighted by molar-refractivity contribution is 0.581. The summed E-state index contributed by atoms with van der Waals surface area (Å²) in [6, 6.07) is 10.6. The lowest BCUT2D eigenvalue weighted by Gasteiger charge is -2.07. The Labute approximate surface area is 127 Å². The van der Waals surface area contributed by atoms with E-state index in [1.807, 2.05) is 12.1 Å². The average molecular weight is 355 g/mol. The molecule has 6 heteroatoms. The summed E-state index contributed by atoms with van der Waals surface area (Å²) in [7, 11) is -3.44. The van der Waals surface area contributed by atoms with Gasteiger partial charge >= 0.3 is 0 Å². The normalized spacial score (nSPS) is 11.4. The van der Waals surface area contributed by atoms with Crippen LogP contribution in [-0.2, 0) is 21.8 Å². The molecule has 1 aromatic heterocycles. The molecule has 0 aliphatic carbocycles. The lowest BCUT2D eigenvalue weighted by atomic mass is 10.2. The third-order valence-electron chi connectivity index (χ3n) is 2.84. The second-order valence-corrected chi connectivity index (χ2v) is 6.61. The molecule has 2 aromatic rings. The van der Waals surface area contributed by atoms with Crippen molar-refractivity contribution in [3.63, 3.8) is 0 Å². The first-order chi connectivity index (χ1) is 9.62. The van der Waals surface area contributed by atoms with Crippen LogP contribution in [0.2, 0.25) is 0 Å². The van der Waals surface area contributed by atoms with Crippen LogP contribution < -0.4 is 4.72 Å². The fraction of sp³-hybridized carbons (Fsp3) is 0.214. The zero-order valence-corrected chi connectivity index (χ0v) is 13.2. The molecule has 4 nitrogen and oxygen atoms in total. The smallest absolute Gasteiger partial charge is 0.240 e. The van der Waals surface area contributed by atoms with Crippen molar-refractivity contribution < 1.29 is 8.42 Å². The van der Waals surface area contributed by atoms with Crippen molar-refractivity contribution in [2.24, 2.45) is 0 Å². The summed E-state index contributed by atoms with van der Waals surface area (Å²) < 4.78 is 26.8. The van der Waals surface area contributed by atoms with Gasteiger partial charge in [-0.15, -0.1) is 0 Å². The topological polar surface area (TPSA) is 59.1 Å². The summed E-state index contributed by atoms with van der Waals surface area (Å²) in [5.74, 6) is 0. The molecule has 1 N–H and O–H groups in total. The Bertz CT molecular complexity index is 643. The average Bonchev–Trinajstić information content (AvgIpc) is 2.48. The van der Waals surface area contributed by atoms with Gasteiger partial charge in [-0.3, -0.25) is 4.98 Å². The maximum absolute atomic E-state index is 12.1. The Kier molecular flexibility index (Phi) is 5.28. The number of hydrogen-bond donors (Lipinski definition) is 1. The number of pyridine rings is 1. The minimum Gasteiger partial charge on any atom is -0.265 e. The van der Waals surface area contributed by atoms with Gasteiger partial charge in [0.2, 0.25) is 10.0 Å². The predicted molar refractivity (Wildman–Crippen MR) is 82.2 cm³/mol. The fourth-order valence-electron chi connectivity index (χ4n) is 1.72. The largest absolute Gasteiger partial charge is 0.265 e. The molecule has 106 valence electrons. The van der Waals surface area contributed by atoms with Crippen LogP contribution in [0.3, 0.4) is 0 Å². The molecule has 0 saturated carbocycles. The van der Waals surface area contributed by atoms with E-state index < -0.39 is 10.0 Å².